The standard InChI is InChI=1S/C114H112BN3Si2/c1-109(2,3)79-64-77(65-80(68-79)110(4,5)6)97-73-85(60-62-99(97)114(16,17)18)116-104-76-94(120(90-49-31-22-32-50-90,91-51-33-23-34-52-91)92-53-35-24-36-54-92)61-63-100(104)115-101-71-83(113(13,14)15)70-98(78-66-81(111(7,8)9)69-82(67-78)112(10,11)12)108(101)118(106-75-86(74-105(116)107(106)115)117-102-58-39-37-56-95(102)96-57-38-40-59-103(96)117)84-42-41-55-93(72-84)119(87-43-25-19-26-44-87,88-45-27-20-28-46-88)89-47-29-21-30-48-89/h19-76H,1-18H3. The van der Waals surface area contributed by atoms with E-state index in [1.54, 1.807) is 0 Å². The van der Waals surface area contributed by atoms with Crippen molar-refractivity contribution in [1.29, 1.82) is 0 Å². The summed E-state index contributed by atoms with van der Waals surface area (Å²) in [6.45, 7) is 42.8. The van der Waals surface area contributed by atoms with Crippen LogP contribution in [0.15, 0.2) is 352 Å². The molecule has 0 bridgehead atoms. The summed E-state index contributed by atoms with van der Waals surface area (Å²) in [7, 11) is -6.45. The molecule has 0 atom stereocenters. The maximum atomic E-state index is 2.78. The number of aromatic nitrogens is 1. The molecule has 1 aromatic heterocycles. The molecule has 18 rings (SSSR count). The molecule has 3 heterocycles. The normalized spacial score (nSPS) is 13.4. The molecule has 15 aromatic carbocycles. The Morgan fingerprint density at radius 1 is 0.233 bits per heavy atom. The summed E-state index contributed by atoms with van der Waals surface area (Å²) in [5.41, 5.74) is 25.7. The van der Waals surface area contributed by atoms with Gasteiger partial charge in [0.05, 0.1) is 16.7 Å². The maximum absolute atomic E-state index is 3.26. The minimum atomic E-state index is -3.26. The zero-order valence-electron chi connectivity index (χ0n) is 73.4. The summed E-state index contributed by atoms with van der Waals surface area (Å²) in [5, 5.41) is 13.0. The highest BCUT2D eigenvalue weighted by Crippen LogP contribution is 2.52. The molecular weight excluding hydrogens is 1480 g/mol. The van der Waals surface area contributed by atoms with Crippen LogP contribution >= 0.6 is 0 Å². The predicted molar refractivity (Wildman–Crippen MR) is 525 cm³/mol. The summed E-state index contributed by atoms with van der Waals surface area (Å²) in [4.78, 5) is 5.54. The number of anilines is 6. The van der Waals surface area contributed by atoms with Gasteiger partial charge < -0.3 is 14.4 Å². The van der Waals surface area contributed by atoms with E-state index in [1.165, 1.54) is 136 Å². The van der Waals surface area contributed by atoms with E-state index in [2.05, 4.69) is 491 Å². The van der Waals surface area contributed by atoms with Gasteiger partial charge in [0.1, 0.15) is 0 Å². The van der Waals surface area contributed by atoms with Crippen molar-refractivity contribution in [2.24, 2.45) is 0 Å². The molecule has 6 heteroatoms. The van der Waals surface area contributed by atoms with Crippen molar-refractivity contribution >= 4 is 137 Å². The molecule has 0 saturated heterocycles. The molecule has 16 aromatic rings. The van der Waals surface area contributed by atoms with Gasteiger partial charge in [-0.05, 0) is 201 Å². The molecule has 0 unspecified atom stereocenters. The van der Waals surface area contributed by atoms with Crippen molar-refractivity contribution < 1.29 is 0 Å². The van der Waals surface area contributed by atoms with Crippen molar-refractivity contribution in [1.82, 2.24) is 4.57 Å². The van der Waals surface area contributed by atoms with Crippen LogP contribution in [0.3, 0.4) is 0 Å². The number of fused-ring (bicyclic) bond motifs is 7. The first-order valence-corrected chi connectivity index (χ1v) is 47.3. The lowest BCUT2D eigenvalue weighted by Crippen LogP contribution is -2.75. The number of benzene rings is 15. The second-order valence-corrected chi connectivity index (χ2v) is 47.8. The summed E-state index contributed by atoms with van der Waals surface area (Å²) < 4.78 is 2.59. The van der Waals surface area contributed by atoms with Gasteiger partial charge in [-0.25, -0.2) is 0 Å². The smallest absolute Gasteiger partial charge is 0.252 e. The van der Waals surface area contributed by atoms with Crippen molar-refractivity contribution in [3.05, 3.63) is 385 Å². The van der Waals surface area contributed by atoms with Crippen LogP contribution in [-0.2, 0) is 32.5 Å². The molecule has 2 aliphatic heterocycles. The monoisotopic (exact) mass is 1590 g/mol. The van der Waals surface area contributed by atoms with Crippen LogP contribution in [0, 0.1) is 0 Å². The second-order valence-electron chi connectivity index (χ2n) is 40.2. The van der Waals surface area contributed by atoms with Crippen LogP contribution in [0.2, 0.25) is 0 Å². The molecule has 0 aliphatic carbocycles. The van der Waals surface area contributed by atoms with E-state index in [0.29, 0.717) is 0 Å². The van der Waals surface area contributed by atoms with Gasteiger partial charge in [-0.2, -0.15) is 0 Å². The number of para-hydroxylation sites is 2. The third-order valence-corrected chi connectivity index (χ3v) is 35.6. The Kier molecular flexibility index (Phi) is 19.5. The average Bonchev–Trinajstić information content (AvgIpc) is 0.860. The lowest BCUT2D eigenvalue weighted by atomic mass is 9.33. The number of nitrogens with zero attached hydrogens (tertiary/aromatic N) is 3. The maximum Gasteiger partial charge on any atom is 0.252 e. The predicted octanol–water partition coefficient (Wildman–Crippen LogP) is 22.7. The Balaban J connectivity index is 1.06. The van der Waals surface area contributed by atoms with E-state index >= 15 is 0 Å². The molecule has 2 aliphatic rings. The second kappa shape index (κ2) is 29.6. The SMILES string of the molecule is CC(C)(C)c1cc(-c2cc(N3c4cc([Si](c5ccccc5)(c5ccccc5)c5ccccc5)ccc4B4c5cc(C(C)(C)C)cc(-c6cc(C(C)(C)C)cc(C(C)(C)C)c6)c5N(c5cccc([Si](c6ccccc6)(c6ccccc6)c6ccccc6)c5)c5cc(-n6c7ccccc7c7ccccc76)cc3c54)ccc2C(C)(C)C)cc(C(C)(C)C)c1. The highest BCUT2D eigenvalue weighted by atomic mass is 28.3. The van der Waals surface area contributed by atoms with Gasteiger partial charge in [0.25, 0.3) is 6.71 Å². The van der Waals surface area contributed by atoms with Gasteiger partial charge >= 0.3 is 0 Å². The lowest BCUT2D eigenvalue weighted by Gasteiger charge is -2.46. The molecule has 0 spiro atoms. The van der Waals surface area contributed by atoms with Crippen LogP contribution in [0.5, 0.6) is 0 Å². The first-order valence-electron chi connectivity index (χ1n) is 43.3. The molecule has 120 heavy (non-hydrogen) atoms. The van der Waals surface area contributed by atoms with Crippen LogP contribution in [0.25, 0.3) is 49.7 Å². The Hall–Kier alpha value is -11.8. The average molecular weight is 1590 g/mol. The molecule has 3 nitrogen and oxygen atoms in total. The van der Waals surface area contributed by atoms with Gasteiger partial charge in [0.15, 0.2) is 16.1 Å². The topological polar surface area (TPSA) is 11.4 Å². The largest absolute Gasteiger partial charge is 0.311 e. The molecule has 0 radical (unpaired) electrons. The van der Waals surface area contributed by atoms with Gasteiger partial charge in [-0.1, -0.05) is 416 Å². The minimum Gasteiger partial charge on any atom is -0.311 e. The van der Waals surface area contributed by atoms with Gasteiger partial charge in [0, 0.05) is 50.5 Å². The van der Waals surface area contributed by atoms with Crippen molar-refractivity contribution in [2.75, 3.05) is 9.80 Å². The number of hydrogen-bond donors (Lipinski definition) is 0. The molecule has 0 N–H and O–H groups in total. The number of hydrogen-bond acceptors (Lipinski definition) is 2. The van der Waals surface area contributed by atoms with E-state index in [4.69, 9.17) is 0 Å². The fourth-order valence-corrected chi connectivity index (χ4v) is 29.3. The fourth-order valence-electron chi connectivity index (χ4n) is 19.7. The Labute approximate surface area is 716 Å². The zero-order valence-corrected chi connectivity index (χ0v) is 75.4. The van der Waals surface area contributed by atoms with E-state index < -0.39 is 16.1 Å². The third kappa shape index (κ3) is 13.6. The highest BCUT2D eigenvalue weighted by molar-refractivity contribution is 7.20. The zero-order chi connectivity index (χ0) is 83.8. The molecule has 0 saturated carbocycles. The first-order chi connectivity index (χ1) is 57.3. The summed E-state index contributed by atoms with van der Waals surface area (Å²) in [6, 6.07) is 138. The Morgan fingerprint density at radius 2 is 0.592 bits per heavy atom. The van der Waals surface area contributed by atoms with E-state index in [1.807, 2.05) is 0 Å². The first kappa shape index (κ1) is 79.3. The summed E-state index contributed by atoms with van der Waals surface area (Å²) in [5.74, 6) is 0. The number of rotatable bonds is 13. The van der Waals surface area contributed by atoms with Crippen LogP contribution in [0.4, 0.5) is 34.1 Å². The summed E-state index contributed by atoms with van der Waals surface area (Å²) in [6.07, 6.45) is 0. The Morgan fingerprint density at radius 3 is 1.00 bits per heavy atom. The van der Waals surface area contributed by atoms with Gasteiger partial charge in [-0.15, -0.1) is 0 Å². The third-order valence-electron chi connectivity index (χ3n) is 26.1. The highest BCUT2D eigenvalue weighted by Gasteiger charge is 2.50. The molecule has 594 valence electrons. The minimum absolute atomic E-state index is 0.126. The fraction of sp³-hybridized carbons (Fsp3) is 0.211. The summed E-state index contributed by atoms with van der Waals surface area (Å²) >= 11 is 0. The van der Waals surface area contributed by atoms with Crippen molar-refractivity contribution in [2.45, 2.75) is 157 Å². The quantitative estimate of drug-likeness (QED) is 0.0842. The van der Waals surface area contributed by atoms with Gasteiger partial charge in [-0.3, -0.25) is 0 Å². The van der Waals surface area contributed by atoms with Crippen LogP contribution in [0.1, 0.15) is 158 Å². The van der Waals surface area contributed by atoms with Crippen molar-refractivity contribution in [3.8, 4) is 27.9 Å². The van der Waals surface area contributed by atoms with E-state index in [-0.39, 0.29) is 39.2 Å². The van der Waals surface area contributed by atoms with Crippen LogP contribution < -0.4 is 67.7 Å². The molecule has 0 amide bonds. The van der Waals surface area contributed by atoms with Gasteiger partial charge in [0.2, 0.25) is 0 Å². The van der Waals surface area contributed by atoms with E-state index in [0.717, 1.165) is 39.5 Å². The van der Waals surface area contributed by atoms with Crippen molar-refractivity contribution in [3.63, 3.8) is 0 Å². The van der Waals surface area contributed by atoms with Crippen LogP contribution in [-0.4, -0.2) is 27.4 Å². The van der Waals surface area contributed by atoms with E-state index in [9.17, 15) is 0 Å². The lowest BCUT2D eigenvalue weighted by molar-refractivity contribution is 0.568. The molecule has 0 fully saturated rings. The Bertz CT molecular complexity index is 6270. The molecular formula is C114H112BN3Si2.